The Labute approximate surface area is 116 Å². The van der Waals surface area contributed by atoms with Crippen LogP contribution in [0.4, 0.5) is 0 Å². The molecule has 0 spiro atoms. The summed E-state index contributed by atoms with van der Waals surface area (Å²) in [6, 6.07) is 4.61. The molecule has 1 saturated heterocycles. The molecule has 1 atom stereocenters. The number of aromatic nitrogens is 1. The Balaban J connectivity index is 0.00000162. The van der Waals surface area contributed by atoms with Crippen LogP contribution in [0.15, 0.2) is 18.3 Å². The van der Waals surface area contributed by atoms with E-state index in [2.05, 4.69) is 35.9 Å². The standard InChI is InChI=1S/C14H23N3.ClH/c1-11-3-4-14(16-9-11)10-17-7-5-13(6-8-17)12(2)15;/h3-4,9,12-13H,5-8,10,15H2,1-2H3;1H. The van der Waals surface area contributed by atoms with E-state index in [4.69, 9.17) is 5.73 Å². The van der Waals surface area contributed by atoms with E-state index in [9.17, 15) is 0 Å². The normalized spacial score (nSPS) is 19.3. The van der Waals surface area contributed by atoms with E-state index >= 15 is 0 Å². The molecule has 4 heteroatoms. The molecule has 0 saturated carbocycles. The van der Waals surface area contributed by atoms with Crippen LogP contribution in [0, 0.1) is 12.8 Å². The lowest BCUT2D eigenvalue weighted by molar-refractivity contribution is 0.164. The van der Waals surface area contributed by atoms with Crippen molar-refractivity contribution in [2.45, 2.75) is 39.3 Å². The molecule has 2 heterocycles. The second kappa shape index (κ2) is 7.07. The predicted molar refractivity (Wildman–Crippen MR) is 77.9 cm³/mol. The van der Waals surface area contributed by atoms with E-state index in [1.54, 1.807) is 0 Å². The number of pyridine rings is 1. The lowest BCUT2D eigenvalue weighted by atomic mass is 9.91. The third-order valence-corrected chi connectivity index (χ3v) is 3.73. The van der Waals surface area contributed by atoms with Crippen LogP contribution in [0.5, 0.6) is 0 Å². The Morgan fingerprint density at radius 1 is 1.39 bits per heavy atom. The highest BCUT2D eigenvalue weighted by atomic mass is 35.5. The zero-order valence-electron chi connectivity index (χ0n) is 11.3. The van der Waals surface area contributed by atoms with Gasteiger partial charge in [0.05, 0.1) is 5.69 Å². The Morgan fingerprint density at radius 2 is 2.06 bits per heavy atom. The van der Waals surface area contributed by atoms with Crippen LogP contribution < -0.4 is 5.73 Å². The first-order valence-corrected chi connectivity index (χ1v) is 6.54. The molecule has 3 nitrogen and oxygen atoms in total. The van der Waals surface area contributed by atoms with Gasteiger partial charge < -0.3 is 5.73 Å². The fourth-order valence-corrected chi connectivity index (χ4v) is 2.46. The Hall–Kier alpha value is -0.640. The SMILES string of the molecule is Cc1ccc(CN2CCC(C(C)N)CC2)nc1.Cl. The summed E-state index contributed by atoms with van der Waals surface area (Å²) >= 11 is 0. The molecular weight excluding hydrogens is 246 g/mol. The number of hydrogen-bond acceptors (Lipinski definition) is 3. The van der Waals surface area contributed by atoms with E-state index in [1.807, 2.05) is 6.20 Å². The van der Waals surface area contributed by atoms with Gasteiger partial charge in [0.15, 0.2) is 0 Å². The van der Waals surface area contributed by atoms with Gasteiger partial charge in [-0.1, -0.05) is 6.07 Å². The van der Waals surface area contributed by atoms with Gasteiger partial charge in [0, 0.05) is 18.8 Å². The van der Waals surface area contributed by atoms with Crippen LogP contribution in [0.1, 0.15) is 31.0 Å². The molecule has 0 amide bonds. The molecule has 1 aromatic rings. The lowest BCUT2D eigenvalue weighted by Crippen LogP contribution is -2.39. The Bertz CT molecular complexity index is 343. The number of nitrogens with two attached hydrogens (primary N) is 1. The number of rotatable bonds is 3. The van der Waals surface area contributed by atoms with Gasteiger partial charge in [-0.2, -0.15) is 0 Å². The van der Waals surface area contributed by atoms with Crippen molar-refractivity contribution in [2.24, 2.45) is 11.7 Å². The first-order chi connectivity index (χ1) is 8.15. The molecule has 1 unspecified atom stereocenters. The summed E-state index contributed by atoms with van der Waals surface area (Å²) in [5, 5.41) is 0. The minimum absolute atomic E-state index is 0. The van der Waals surface area contributed by atoms with E-state index in [0.29, 0.717) is 12.0 Å². The maximum absolute atomic E-state index is 5.95. The molecule has 0 bridgehead atoms. The van der Waals surface area contributed by atoms with Crippen molar-refractivity contribution in [3.63, 3.8) is 0 Å². The van der Waals surface area contributed by atoms with Crippen LogP contribution >= 0.6 is 12.4 Å². The second-order valence-corrected chi connectivity index (χ2v) is 5.30. The zero-order valence-corrected chi connectivity index (χ0v) is 12.1. The fourth-order valence-electron chi connectivity index (χ4n) is 2.46. The van der Waals surface area contributed by atoms with Gasteiger partial charge in [0.2, 0.25) is 0 Å². The third kappa shape index (κ3) is 4.23. The Kier molecular flexibility index (Phi) is 6.06. The van der Waals surface area contributed by atoms with Crippen molar-refractivity contribution in [3.8, 4) is 0 Å². The summed E-state index contributed by atoms with van der Waals surface area (Å²) < 4.78 is 0. The minimum atomic E-state index is 0. The highest BCUT2D eigenvalue weighted by Gasteiger charge is 2.21. The predicted octanol–water partition coefficient (Wildman–Crippen LogP) is 2.37. The molecular formula is C14H24ClN3. The van der Waals surface area contributed by atoms with Gasteiger partial charge >= 0.3 is 0 Å². The summed E-state index contributed by atoms with van der Waals surface area (Å²) in [5.41, 5.74) is 8.35. The van der Waals surface area contributed by atoms with E-state index in [1.165, 1.54) is 24.1 Å². The molecule has 0 aromatic carbocycles. The topological polar surface area (TPSA) is 42.1 Å². The average Bonchev–Trinajstić information content (AvgIpc) is 2.33. The smallest absolute Gasteiger partial charge is 0.0544 e. The number of piperidine rings is 1. The van der Waals surface area contributed by atoms with E-state index in [0.717, 1.165) is 19.6 Å². The van der Waals surface area contributed by atoms with Crippen LogP contribution in [0.25, 0.3) is 0 Å². The zero-order chi connectivity index (χ0) is 12.3. The van der Waals surface area contributed by atoms with Gasteiger partial charge in [0.1, 0.15) is 0 Å². The second-order valence-electron chi connectivity index (χ2n) is 5.30. The first-order valence-electron chi connectivity index (χ1n) is 6.54. The average molecular weight is 270 g/mol. The van der Waals surface area contributed by atoms with Crippen molar-refractivity contribution in [1.29, 1.82) is 0 Å². The summed E-state index contributed by atoms with van der Waals surface area (Å²) in [6.07, 6.45) is 4.40. The fraction of sp³-hybridized carbons (Fsp3) is 0.643. The van der Waals surface area contributed by atoms with Crippen LogP contribution in [-0.2, 0) is 6.54 Å². The molecule has 1 aliphatic rings. The summed E-state index contributed by atoms with van der Waals surface area (Å²) in [7, 11) is 0. The summed E-state index contributed by atoms with van der Waals surface area (Å²) in [5.74, 6) is 0.706. The van der Waals surface area contributed by atoms with Crippen LogP contribution in [0.2, 0.25) is 0 Å². The number of halogens is 1. The highest BCUT2D eigenvalue weighted by Crippen LogP contribution is 2.20. The monoisotopic (exact) mass is 269 g/mol. The molecule has 2 N–H and O–H groups in total. The van der Waals surface area contributed by atoms with Crippen molar-refractivity contribution in [2.75, 3.05) is 13.1 Å². The van der Waals surface area contributed by atoms with Crippen molar-refractivity contribution in [1.82, 2.24) is 9.88 Å². The molecule has 2 rings (SSSR count). The van der Waals surface area contributed by atoms with Crippen LogP contribution in [-0.4, -0.2) is 29.0 Å². The van der Waals surface area contributed by atoms with Crippen molar-refractivity contribution >= 4 is 12.4 Å². The number of likely N-dealkylation sites (tertiary alicyclic amines) is 1. The van der Waals surface area contributed by atoms with Gasteiger partial charge in [0.25, 0.3) is 0 Å². The first kappa shape index (κ1) is 15.4. The molecule has 18 heavy (non-hydrogen) atoms. The molecule has 102 valence electrons. The molecule has 1 aliphatic heterocycles. The highest BCUT2D eigenvalue weighted by molar-refractivity contribution is 5.85. The van der Waals surface area contributed by atoms with Gasteiger partial charge in [-0.05, 0) is 57.3 Å². The quantitative estimate of drug-likeness (QED) is 0.916. The van der Waals surface area contributed by atoms with Crippen molar-refractivity contribution in [3.05, 3.63) is 29.6 Å². The van der Waals surface area contributed by atoms with Gasteiger partial charge in [-0.15, -0.1) is 12.4 Å². The largest absolute Gasteiger partial charge is 0.328 e. The minimum Gasteiger partial charge on any atom is -0.328 e. The molecule has 1 aromatic heterocycles. The summed E-state index contributed by atoms with van der Waals surface area (Å²) in [6.45, 7) is 7.49. The van der Waals surface area contributed by atoms with E-state index < -0.39 is 0 Å². The maximum atomic E-state index is 5.95. The van der Waals surface area contributed by atoms with Gasteiger partial charge in [-0.25, -0.2) is 0 Å². The lowest BCUT2D eigenvalue weighted by Gasteiger charge is -2.33. The maximum Gasteiger partial charge on any atom is 0.0544 e. The number of aryl methyl sites for hydroxylation is 1. The summed E-state index contributed by atoms with van der Waals surface area (Å²) in [4.78, 5) is 6.94. The van der Waals surface area contributed by atoms with Crippen molar-refractivity contribution < 1.29 is 0 Å². The number of nitrogens with zero attached hydrogens (tertiary/aromatic N) is 2. The van der Waals surface area contributed by atoms with Gasteiger partial charge in [-0.3, -0.25) is 9.88 Å². The third-order valence-electron chi connectivity index (χ3n) is 3.73. The number of hydrogen-bond donors (Lipinski definition) is 1. The van der Waals surface area contributed by atoms with E-state index in [-0.39, 0.29) is 12.4 Å². The molecule has 0 radical (unpaired) electrons. The molecule has 0 aliphatic carbocycles. The van der Waals surface area contributed by atoms with Crippen LogP contribution in [0.3, 0.4) is 0 Å². The molecule has 1 fully saturated rings. The Morgan fingerprint density at radius 3 is 2.56 bits per heavy atom.